The highest BCUT2D eigenvalue weighted by Crippen LogP contribution is 2.36. The average Bonchev–Trinajstić information content (AvgIpc) is 3.13. The van der Waals surface area contributed by atoms with Gasteiger partial charge in [0.1, 0.15) is 5.75 Å². The highest BCUT2D eigenvalue weighted by Gasteiger charge is 2.19. The van der Waals surface area contributed by atoms with Gasteiger partial charge in [-0.2, -0.15) is 0 Å². The Morgan fingerprint density at radius 1 is 0.893 bits per heavy atom. The summed E-state index contributed by atoms with van der Waals surface area (Å²) in [6, 6.07) is 26.1. The maximum atomic E-state index is 10.0. The number of phenols is 1. The lowest BCUT2D eigenvalue weighted by Crippen LogP contribution is -2.03. The molecule has 0 atom stereocenters. The van der Waals surface area contributed by atoms with Crippen LogP contribution in [0.4, 0.5) is 0 Å². The lowest BCUT2D eigenvalue weighted by Gasteiger charge is -2.15. The third-order valence-corrected chi connectivity index (χ3v) is 4.97. The van der Waals surface area contributed by atoms with Crippen LogP contribution in [0.1, 0.15) is 25.5 Å². The molecule has 4 aromatic rings. The summed E-state index contributed by atoms with van der Waals surface area (Å²) in [5, 5.41) is 10.0. The van der Waals surface area contributed by atoms with Crippen molar-refractivity contribution in [3.63, 3.8) is 0 Å². The average molecular weight is 368 g/mol. The van der Waals surface area contributed by atoms with Crippen LogP contribution in [0.3, 0.4) is 0 Å². The number of unbranched alkanes of at least 4 members (excludes halogenated alkanes) is 1. The van der Waals surface area contributed by atoms with E-state index in [0.29, 0.717) is 0 Å². The van der Waals surface area contributed by atoms with E-state index in [0.717, 1.165) is 47.5 Å². The summed E-state index contributed by atoms with van der Waals surface area (Å²) in [4.78, 5) is 4.61. The Morgan fingerprint density at radius 3 is 2.43 bits per heavy atom. The fourth-order valence-corrected chi connectivity index (χ4v) is 3.63. The van der Waals surface area contributed by atoms with Crippen molar-refractivity contribution in [1.29, 1.82) is 0 Å². The molecule has 140 valence electrons. The van der Waals surface area contributed by atoms with Crippen LogP contribution < -0.4 is 0 Å². The molecular weight excluding hydrogens is 344 g/mol. The predicted octanol–water partition coefficient (Wildman–Crippen LogP) is 6.25. The van der Waals surface area contributed by atoms with E-state index >= 15 is 0 Å². The van der Waals surface area contributed by atoms with Gasteiger partial charge in [-0.25, -0.2) is 0 Å². The molecule has 0 aliphatic heterocycles. The molecule has 4 rings (SSSR count). The normalized spacial score (nSPS) is 10.9. The molecule has 0 saturated heterocycles. The molecule has 0 aliphatic carbocycles. The van der Waals surface area contributed by atoms with Crippen LogP contribution in [-0.4, -0.2) is 14.7 Å². The van der Waals surface area contributed by atoms with E-state index in [4.69, 9.17) is 0 Å². The fraction of sp³-hybridized carbons (Fsp3) is 0.160. The number of rotatable bonds is 6. The number of aromatic nitrogens is 2. The second kappa shape index (κ2) is 8.13. The van der Waals surface area contributed by atoms with Gasteiger partial charge in [0.15, 0.2) is 0 Å². The summed E-state index contributed by atoms with van der Waals surface area (Å²) in [7, 11) is 0. The standard InChI is InChI=1S/C25H24N2O/c1-2-3-15-24-22(23-14-7-8-16-26-23)18-25(19-10-9-13-21(28)17-19)27(24)20-11-5-4-6-12-20/h4-14,16-18,28H,2-3,15H2,1H3. The minimum Gasteiger partial charge on any atom is -0.508 e. The van der Waals surface area contributed by atoms with E-state index in [-0.39, 0.29) is 5.75 Å². The molecule has 1 N–H and O–H groups in total. The van der Waals surface area contributed by atoms with E-state index in [1.807, 2.05) is 42.6 Å². The maximum Gasteiger partial charge on any atom is 0.116 e. The summed E-state index contributed by atoms with van der Waals surface area (Å²) in [5.74, 6) is 0.271. The van der Waals surface area contributed by atoms with Crippen LogP contribution in [0.5, 0.6) is 5.75 Å². The summed E-state index contributed by atoms with van der Waals surface area (Å²) in [5.41, 5.74) is 6.55. The maximum absolute atomic E-state index is 10.0. The Bertz CT molecular complexity index is 1050. The number of hydrogen-bond acceptors (Lipinski definition) is 2. The lowest BCUT2D eigenvalue weighted by atomic mass is 10.1. The Labute approximate surface area is 165 Å². The van der Waals surface area contributed by atoms with Crippen LogP contribution in [0.2, 0.25) is 0 Å². The molecule has 0 unspecified atom stereocenters. The highest BCUT2D eigenvalue weighted by atomic mass is 16.3. The fourth-order valence-electron chi connectivity index (χ4n) is 3.63. The first kappa shape index (κ1) is 18.1. The van der Waals surface area contributed by atoms with Crippen molar-refractivity contribution in [3.05, 3.63) is 90.8 Å². The quantitative estimate of drug-likeness (QED) is 0.436. The molecule has 3 heteroatoms. The first-order chi connectivity index (χ1) is 13.8. The van der Waals surface area contributed by atoms with E-state index in [1.54, 1.807) is 6.07 Å². The Morgan fingerprint density at radius 2 is 1.71 bits per heavy atom. The van der Waals surface area contributed by atoms with E-state index in [1.165, 1.54) is 5.69 Å². The van der Waals surface area contributed by atoms with Gasteiger partial charge in [0.2, 0.25) is 0 Å². The van der Waals surface area contributed by atoms with Crippen molar-refractivity contribution in [2.75, 3.05) is 0 Å². The summed E-state index contributed by atoms with van der Waals surface area (Å²) < 4.78 is 2.31. The molecule has 0 saturated carbocycles. The molecule has 28 heavy (non-hydrogen) atoms. The summed E-state index contributed by atoms with van der Waals surface area (Å²) in [6.07, 6.45) is 5.04. The first-order valence-electron chi connectivity index (χ1n) is 9.78. The largest absolute Gasteiger partial charge is 0.508 e. The molecule has 0 radical (unpaired) electrons. The van der Waals surface area contributed by atoms with Crippen LogP contribution in [0, 0.1) is 0 Å². The number of para-hydroxylation sites is 1. The Balaban J connectivity index is 2.00. The SMILES string of the molecule is CCCCc1c(-c2ccccn2)cc(-c2cccc(O)c2)n1-c1ccccc1. The number of pyridine rings is 1. The van der Waals surface area contributed by atoms with Gasteiger partial charge in [0.05, 0.1) is 11.4 Å². The van der Waals surface area contributed by atoms with Crippen molar-refractivity contribution >= 4 is 0 Å². The van der Waals surface area contributed by atoms with Gasteiger partial charge in [-0.3, -0.25) is 4.98 Å². The van der Waals surface area contributed by atoms with E-state index in [9.17, 15) is 5.11 Å². The monoisotopic (exact) mass is 368 g/mol. The van der Waals surface area contributed by atoms with Crippen molar-refractivity contribution in [2.24, 2.45) is 0 Å². The minimum absolute atomic E-state index is 0.271. The molecule has 2 aromatic heterocycles. The smallest absolute Gasteiger partial charge is 0.116 e. The van der Waals surface area contributed by atoms with Crippen molar-refractivity contribution < 1.29 is 5.11 Å². The number of phenolic OH excluding ortho intramolecular Hbond substituents is 1. The number of hydrogen-bond donors (Lipinski definition) is 1. The molecule has 0 bridgehead atoms. The van der Waals surface area contributed by atoms with Crippen LogP contribution in [0.25, 0.3) is 28.2 Å². The zero-order valence-electron chi connectivity index (χ0n) is 16.0. The third kappa shape index (κ3) is 3.56. The van der Waals surface area contributed by atoms with Gasteiger partial charge in [0.25, 0.3) is 0 Å². The number of nitrogens with zero attached hydrogens (tertiary/aromatic N) is 2. The summed E-state index contributed by atoms with van der Waals surface area (Å²) >= 11 is 0. The van der Waals surface area contributed by atoms with E-state index in [2.05, 4.69) is 52.9 Å². The minimum atomic E-state index is 0.271. The van der Waals surface area contributed by atoms with Gasteiger partial charge in [-0.1, -0.05) is 49.7 Å². The molecule has 0 aliphatic rings. The van der Waals surface area contributed by atoms with Crippen molar-refractivity contribution in [3.8, 4) is 34.0 Å². The molecule has 0 amide bonds. The van der Waals surface area contributed by atoms with Crippen LogP contribution in [-0.2, 0) is 6.42 Å². The number of aromatic hydroxyl groups is 1. The van der Waals surface area contributed by atoms with Crippen molar-refractivity contribution in [1.82, 2.24) is 9.55 Å². The van der Waals surface area contributed by atoms with Gasteiger partial charge in [-0.05, 0) is 55.3 Å². The molecule has 0 spiro atoms. The molecular formula is C25H24N2O. The lowest BCUT2D eigenvalue weighted by molar-refractivity contribution is 0.475. The second-order valence-corrected chi connectivity index (χ2v) is 6.93. The zero-order chi connectivity index (χ0) is 19.3. The van der Waals surface area contributed by atoms with Crippen LogP contribution >= 0.6 is 0 Å². The highest BCUT2D eigenvalue weighted by molar-refractivity contribution is 5.76. The van der Waals surface area contributed by atoms with Crippen LogP contribution in [0.15, 0.2) is 85.1 Å². The summed E-state index contributed by atoms with van der Waals surface area (Å²) in [6.45, 7) is 2.21. The van der Waals surface area contributed by atoms with Gasteiger partial charge >= 0.3 is 0 Å². The molecule has 2 heterocycles. The zero-order valence-corrected chi connectivity index (χ0v) is 16.0. The van der Waals surface area contributed by atoms with Gasteiger partial charge < -0.3 is 9.67 Å². The predicted molar refractivity (Wildman–Crippen MR) is 115 cm³/mol. The first-order valence-corrected chi connectivity index (χ1v) is 9.78. The second-order valence-electron chi connectivity index (χ2n) is 6.93. The van der Waals surface area contributed by atoms with Crippen molar-refractivity contribution in [2.45, 2.75) is 26.2 Å². The molecule has 0 fully saturated rings. The van der Waals surface area contributed by atoms with Gasteiger partial charge in [0, 0.05) is 28.7 Å². The Hall–Kier alpha value is -3.33. The Kier molecular flexibility index (Phi) is 5.24. The van der Waals surface area contributed by atoms with Gasteiger partial charge in [-0.15, -0.1) is 0 Å². The number of benzene rings is 2. The topological polar surface area (TPSA) is 38.1 Å². The molecule has 2 aromatic carbocycles. The van der Waals surface area contributed by atoms with E-state index < -0.39 is 0 Å². The third-order valence-electron chi connectivity index (χ3n) is 4.97. The molecule has 3 nitrogen and oxygen atoms in total.